The molecule has 0 aliphatic heterocycles. The van der Waals surface area contributed by atoms with E-state index in [1.54, 1.807) is 6.92 Å². The summed E-state index contributed by atoms with van der Waals surface area (Å²) >= 11 is 1.23. The number of hydrogen-bond acceptors (Lipinski definition) is 4. The molecule has 1 aromatic carbocycles. The van der Waals surface area contributed by atoms with E-state index in [1.165, 1.54) is 18.1 Å². The molecule has 0 saturated heterocycles. The molecule has 4 nitrogen and oxygen atoms in total. The van der Waals surface area contributed by atoms with Crippen LogP contribution in [-0.4, -0.2) is 26.3 Å². The van der Waals surface area contributed by atoms with Crippen LogP contribution in [0.1, 0.15) is 6.92 Å². The van der Waals surface area contributed by atoms with E-state index >= 15 is 0 Å². The van der Waals surface area contributed by atoms with Crippen LogP contribution in [0.4, 0.5) is 0 Å². The van der Waals surface area contributed by atoms with Crippen LogP contribution >= 0.6 is 11.8 Å². The zero-order chi connectivity index (χ0) is 11.5. The number of nitrogens with zero attached hydrogens (tertiary/aromatic N) is 2. The Morgan fingerprint density at radius 1 is 1.38 bits per heavy atom. The van der Waals surface area contributed by atoms with Crippen molar-refractivity contribution in [2.75, 3.05) is 0 Å². The first kappa shape index (κ1) is 10.9. The van der Waals surface area contributed by atoms with Crippen LogP contribution in [0.15, 0.2) is 35.6 Å². The molecule has 0 unspecified atom stereocenters. The maximum absolute atomic E-state index is 10.8. The minimum Gasteiger partial charge on any atom is -0.480 e. The lowest BCUT2D eigenvalue weighted by Gasteiger charge is -2.07. The Morgan fingerprint density at radius 3 is 2.88 bits per heavy atom. The van der Waals surface area contributed by atoms with E-state index in [0.29, 0.717) is 5.03 Å². The third kappa shape index (κ3) is 2.14. The second-order valence-electron chi connectivity index (χ2n) is 3.29. The minimum absolute atomic E-state index is 0.515. The maximum atomic E-state index is 10.8. The van der Waals surface area contributed by atoms with Crippen molar-refractivity contribution in [3.8, 4) is 0 Å². The molecule has 16 heavy (non-hydrogen) atoms. The van der Waals surface area contributed by atoms with Gasteiger partial charge in [0, 0.05) is 5.39 Å². The predicted octanol–water partition coefficient (Wildman–Crippen LogP) is 2.19. The number of aromatic nitrogens is 2. The van der Waals surface area contributed by atoms with E-state index in [4.69, 9.17) is 5.11 Å². The minimum atomic E-state index is -0.840. The number of fused-ring (bicyclic) bond motifs is 1. The summed E-state index contributed by atoms with van der Waals surface area (Å²) in [7, 11) is 0. The van der Waals surface area contributed by atoms with Crippen molar-refractivity contribution in [1.29, 1.82) is 0 Å². The molecule has 0 radical (unpaired) electrons. The molecule has 0 aliphatic carbocycles. The summed E-state index contributed by atoms with van der Waals surface area (Å²) in [6.45, 7) is 1.64. The van der Waals surface area contributed by atoms with Crippen molar-refractivity contribution >= 4 is 28.6 Å². The molecule has 0 saturated carbocycles. The Hall–Kier alpha value is -1.62. The van der Waals surface area contributed by atoms with Crippen LogP contribution in [0.25, 0.3) is 10.9 Å². The van der Waals surface area contributed by atoms with Crippen molar-refractivity contribution in [1.82, 2.24) is 9.97 Å². The zero-order valence-corrected chi connectivity index (χ0v) is 9.44. The molecule has 2 rings (SSSR count). The lowest BCUT2D eigenvalue weighted by atomic mass is 10.2. The second kappa shape index (κ2) is 4.49. The van der Waals surface area contributed by atoms with Crippen molar-refractivity contribution in [3.05, 3.63) is 30.6 Å². The molecule has 1 heterocycles. The van der Waals surface area contributed by atoms with Gasteiger partial charge in [0.1, 0.15) is 16.6 Å². The van der Waals surface area contributed by atoms with Crippen molar-refractivity contribution in [2.24, 2.45) is 0 Å². The highest BCUT2D eigenvalue weighted by Crippen LogP contribution is 2.27. The van der Waals surface area contributed by atoms with Crippen molar-refractivity contribution in [2.45, 2.75) is 17.2 Å². The fraction of sp³-hybridized carbons (Fsp3) is 0.182. The van der Waals surface area contributed by atoms with Gasteiger partial charge >= 0.3 is 5.97 Å². The van der Waals surface area contributed by atoms with Crippen LogP contribution in [0.3, 0.4) is 0 Å². The molecular weight excluding hydrogens is 224 g/mol. The van der Waals surface area contributed by atoms with Gasteiger partial charge in [-0.25, -0.2) is 9.97 Å². The van der Waals surface area contributed by atoms with E-state index in [1.807, 2.05) is 24.3 Å². The van der Waals surface area contributed by atoms with Crippen molar-refractivity contribution < 1.29 is 9.90 Å². The Kier molecular flexibility index (Phi) is 3.05. The Balaban J connectivity index is 2.41. The van der Waals surface area contributed by atoms with E-state index in [9.17, 15) is 4.79 Å². The smallest absolute Gasteiger partial charge is 0.316 e. The third-order valence-corrected chi connectivity index (χ3v) is 3.25. The summed E-state index contributed by atoms with van der Waals surface area (Å²) in [6.07, 6.45) is 1.46. The molecule has 0 amide bonds. The van der Waals surface area contributed by atoms with Gasteiger partial charge in [-0.05, 0) is 13.0 Å². The predicted molar refractivity (Wildman–Crippen MR) is 62.5 cm³/mol. The highest BCUT2D eigenvalue weighted by molar-refractivity contribution is 8.00. The SMILES string of the molecule is C[C@H](Sc1ncnc2ccccc12)C(=O)O. The highest BCUT2D eigenvalue weighted by Gasteiger charge is 2.15. The summed E-state index contributed by atoms with van der Waals surface area (Å²) in [4.78, 5) is 19.0. The monoisotopic (exact) mass is 234 g/mol. The van der Waals surface area contributed by atoms with Crippen LogP contribution in [0, 0.1) is 0 Å². The third-order valence-electron chi connectivity index (χ3n) is 2.14. The normalized spacial score (nSPS) is 12.6. The molecule has 1 aromatic heterocycles. The first-order valence-corrected chi connectivity index (χ1v) is 5.65. The van der Waals surface area contributed by atoms with Crippen LogP contribution < -0.4 is 0 Å². The number of hydrogen-bond donors (Lipinski definition) is 1. The molecule has 5 heteroatoms. The molecule has 0 fully saturated rings. The Bertz CT molecular complexity index is 525. The summed E-state index contributed by atoms with van der Waals surface area (Å²) in [5.74, 6) is -0.840. The van der Waals surface area contributed by atoms with Crippen LogP contribution in [0.5, 0.6) is 0 Å². The molecule has 1 atom stereocenters. The number of carboxylic acid groups (broad SMARTS) is 1. The largest absolute Gasteiger partial charge is 0.480 e. The van der Waals surface area contributed by atoms with E-state index in [2.05, 4.69) is 9.97 Å². The quantitative estimate of drug-likeness (QED) is 0.651. The number of carboxylic acids is 1. The number of benzene rings is 1. The lowest BCUT2D eigenvalue weighted by Crippen LogP contribution is -2.11. The molecule has 0 bridgehead atoms. The Labute approximate surface area is 96.7 Å². The van der Waals surface area contributed by atoms with Gasteiger partial charge < -0.3 is 5.11 Å². The first-order chi connectivity index (χ1) is 7.68. The fourth-order valence-corrected chi connectivity index (χ4v) is 2.14. The molecule has 2 aromatic rings. The maximum Gasteiger partial charge on any atom is 0.316 e. The summed E-state index contributed by atoms with van der Waals surface area (Å²) in [5.41, 5.74) is 0.831. The summed E-state index contributed by atoms with van der Waals surface area (Å²) in [5, 5.41) is 9.94. The molecule has 82 valence electrons. The van der Waals surface area contributed by atoms with Gasteiger partial charge in [0.25, 0.3) is 0 Å². The van der Waals surface area contributed by atoms with Gasteiger partial charge in [0.05, 0.1) is 5.52 Å². The lowest BCUT2D eigenvalue weighted by molar-refractivity contribution is -0.136. The molecule has 0 aliphatic rings. The molecule has 1 N–H and O–H groups in total. The van der Waals surface area contributed by atoms with Crippen LogP contribution in [-0.2, 0) is 4.79 Å². The summed E-state index contributed by atoms with van der Waals surface area (Å²) in [6, 6.07) is 7.56. The number of rotatable bonds is 3. The average molecular weight is 234 g/mol. The molecule has 0 spiro atoms. The molecular formula is C11H10N2O2S. The van der Waals surface area contributed by atoms with Gasteiger partial charge in [0.2, 0.25) is 0 Å². The van der Waals surface area contributed by atoms with E-state index < -0.39 is 11.2 Å². The number of carbonyl (C=O) groups is 1. The summed E-state index contributed by atoms with van der Waals surface area (Å²) < 4.78 is 0. The van der Waals surface area contributed by atoms with Crippen molar-refractivity contribution in [3.63, 3.8) is 0 Å². The van der Waals surface area contributed by atoms with Gasteiger partial charge in [-0.1, -0.05) is 30.0 Å². The Morgan fingerprint density at radius 2 is 2.12 bits per heavy atom. The number of thioether (sulfide) groups is 1. The standard InChI is InChI=1S/C11H10N2O2S/c1-7(11(14)15)16-10-8-4-2-3-5-9(8)12-6-13-10/h2-7H,1H3,(H,14,15)/t7-/m0/s1. The van der Waals surface area contributed by atoms with Gasteiger partial charge in [-0.2, -0.15) is 0 Å². The van der Waals surface area contributed by atoms with E-state index in [-0.39, 0.29) is 0 Å². The average Bonchev–Trinajstić information content (AvgIpc) is 2.29. The number of para-hydroxylation sites is 1. The second-order valence-corrected chi connectivity index (χ2v) is 4.62. The first-order valence-electron chi connectivity index (χ1n) is 4.77. The van der Waals surface area contributed by atoms with Gasteiger partial charge in [-0.3, -0.25) is 4.79 Å². The fourth-order valence-electron chi connectivity index (χ4n) is 1.29. The highest BCUT2D eigenvalue weighted by atomic mass is 32.2. The number of aliphatic carboxylic acids is 1. The van der Waals surface area contributed by atoms with Crippen LogP contribution in [0.2, 0.25) is 0 Å². The van der Waals surface area contributed by atoms with Gasteiger partial charge in [0.15, 0.2) is 0 Å². The zero-order valence-electron chi connectivity index (χ0n) is 8.62. The van der Waals surface area contributed by atoms with E-state index in [0.717, 1.165) is 10.9 Å². The van der Waals surface area contributed by atoms with Gasteiger partial charge in [-0.15, -0.1) is 0 Å². The topological polar surface area (TPSA) is 63.1 Å².